The third-order valence-electron chi connectivity index (χ3n) is 5.30. The van der Waals surface area contributed by atoms with Gasteiger partial charge < -0.3 is 20.1 Å². The molecule has 0 bridgehead atoms. The standard InChI is InChI=1S/C16H23N5O3/c17-16(23)20-7-1-3-11(9-20)15(22)21-8-2-4-12(21)13-18-14(24-19-13)10-5-6-10/h10-12H,1-9H2,(H2,17,23)/t11-,12-/m0/s1. The van der Waals surface area contributed by atoms with Crippen LogP contribution in [-0.2, 0) is 4.79 Å². The highest BCUT2D eigenvalue weighted by atomic mass is 16.5. The first-order chi connectivity index (χ1) is 11.6. The van der Waals surface area contributed by atoms with Crippen molar-refractivity contribution in [2.75, 3.05) is 19.6 Å². The normalized spacial score (nSPS) is 27.5. The topological polar surface area (TPSA) is 106 Å². The van der Waals surface area contributed by atoms with Crippen LogP contribution >= 0.6 is 0 Å². The van der Waals surface area contributed by atoms with E-state index in [1.807, 2.05) is 4.90 Å². The molecule has 0 aromatic carbocycles. The van der Waals surface area contributed by atoms with E-state index in [4.69, 9.17) is 10.3 Å². The van der Waals surface area contributed by atoms with Gasteiger partial charge in [-0.3, -0.25) is 4.79 Å². The number of piperidine rings is 1. The summed E-state index contributed by atoms with van der Waals surface area (Å²) in [4.78, 5) is 32.3. The third kappa shape index (κ3) is 2.85. The SMILES string of the molecule is NC(=O)N1CCC[C@H](C(=O)N2CCC[C@H]2c2noc(C3CC3)n2)C1. The summed E-state index contributed by atoms with van der Waals surface area (Å²) in [6, 6.07) is -0.546. The Kier molecular flexibility index (Phi) is 3.90. The van der Waals surface area contributed by atoms with Crippen LogP contribution in [0.2, 0.25) is 0 Å². The molecule has 0 radical (unpaired) electrons. The van der Waals surface area contributed by atoms with Crippen LogP contribution in [0.1, 0.15) is 62.2 Å². The largest absolute Gasteiger partial charge is 0.351 e. The minimum absolute atomic E-state index is 0.0845. The lowest BCUT2D eigenvalue weighted by Crippen LogP contribution is -2.48. The maximum atomic E-state index is 13.0. The molecule has 130 valence electrons. The van der Waals surface area contributed by atoms with Gasteiger partial charge >= 0.3 is 6.03 Å². The van der Waals surface area contributed by atoms with Gasteiger partial charge in [0.1, 0.15) is 0 Å². The molecule has 2 aliphatic heterocycles. The summed E-state index contributed by atoms with van der Waals surface area (Å²) in [7, 11) is 0. The average molecular weight is 333 g/mol. The molecular formula is C16H23N5O3. The van der Waals surface area contributed by atoms with Crippen LogP contribution in [0, 0.1) is 5.92 Å². The molecule has 8 nitrogen and oxygen atoms in total. The van der Waals surface area contributed by atoms with E-state index >= 15 is 0 Å². The van der Waals surface area contributed by atoms with Gasteiger partial charge in [-0.05, 0) is 38.5 Å². The van der Waals surface area contributed by atoms with Crippen molar-refractivity contribution in [3.63, 3.8) is 0 Å². The van der Waals surface area contributed by atoms with Crippen LogP contribution < -0.4 is 5.73 Å². The summed E-state index contributed by atoms with van der Waals surface area (Å²) in [5, 5.41) is 4.12. The van der Waals surface area contributed by atoms with Crippen molar-refractivity contribution in [3.05, 3.63) is 11.7 Å². The zero-order valence-electron chi connectivity index (χ0n) is 13.7. The molecule has 1 saturated carbocycles. The molecular weight excluding hydrogens is 310 g/mol. The molecule has 2 N–H and O–H groups in total. The lowest BCUT2D eigenvalue weighted by atomic mass is 9.96. The number of urea groups is 1. The van der Waals surface area contributed by atoms with E-state index in [0.717, 1.165) is 38.5 Å². The van der Waals surface area contributed by atoms with Gasteiger partial charge in [0.2, 0.25) is 11.8 Å². The summed E-state index contributed by atoms with van der Waals surface area (Å²) in [5.74, 6) is 1.66. The Morgan fingerprint density at radius 1 is 1.12 bits per heavy atom. The number of carbonyl (C=O) groups is 2. The highest BCUT2D eigenvalue weighted by Crippen LogP contribution is 2.40. The predicted molar refractivity (Wildman–Crippen MR) is 83.8 cm³/mol. The number of likely N-dealkylation sites (tertiary alicyclic amines) is 2. The van der Waals surface area contributed by atoms with E-state index in [2.05, 4.69) is 10.1 Å². The van der Waals surface area contributed by atoms with Crippen molar-refractivity contribution in [1.29, 1.82) is 0 Å². The summed E-state index contributed by atoms with van der Waals surface area (Å²) in [5.41, 5.74) is 5.37. The molecule has 1 aliphatic carbocycles. The quantitative estimate of drug-likeness (QED) is 0.900. The van der Waals surface area contributed by atoms with Gasteiger partial charge in [-0.1, -0.05) is 5.16 Å². The molecule has 3 amide bonds. The molecule has 3 aliphatic rings. The molecule has 1 aromatic rings. The number of hydrogen-bond donors (Lipinski definition) is 1. The van der Waals surface area contributed by atoms with Gasteiger partial charge in [0.05, 0.1) is 12.0 Å². The fourth-order valence-corrected chi connectivity index (χ4v) is 3.79. The molecule has 2 atom stereocenters. The molecule has 3 heterocycles. The van der Waals surface area contributed by atoms with Gasteiger partial charge in [-0.15, -0.1) is 0 Å². The zero-order valence-corrected chi connectivity index (χ0v) is 13.7. The number of carbonyl (C=O) groups excluding carboxylic acids is 2. The Labute approximate surface area is 140 Å². The summed E-state index contributed by atoms with van der Waals surface area (Å²) in [6.07, 6.45) is 5.63. The first kappa shape index (κ1) is 15.4. The molecule has 3 fully saturated rings. The van der Waals surface area contributed by atoms with Crippen LogP contribution in [-0.4, -0.2) is 51.5 Å². The highest BCUT2D eigenvalue weighted by Gasteiger charge is 2.39. The Morgan fingerprint density at radius 3 is 2.67 bits per heavy atom. The van der Waals surface area contributed by atoms with Crippen molar-refractivity contribution >= 4 is 11.9 Å². The van der Waals surface area contributed by atoms with Crippen molar-refractivity contribution < 1.29 is 14.1 Å². The van der Waals surface area contributed by atoms with Crippen molar-refractivity contribution in [3.8, 4) is 0 Å². The number of nitrogens with two attached hydrogens (primary N) is 1. The van der Waals surface area contributed by atoms with Crippen molar-refractivity contribution in [1.82, 2.24) is 19.9 Å². The number of primary amides is 1. The van der Waals surface area contributed by atoms with E-state index < -0.39 is 6.03 Å². The van der Waals surface area contributed by atoms with Crippen molar-refractivity contribution in [2.45, 2.75) is 50.5 Å². The smallest absolute Gasteiger partial charge is 0.314 e. The van der Waals surface area contributed by atoms with E-state index in [-0.39, 0.29) is 17.9 Å². The Morgan fingerprint density at radius 2 is 1.92 bits per heavy atom. The van der Waals surface area contributed by atoms with Gasteiger partial charge in [0.15, 0.2) is 5.82 Å². The summed E-state index contributed by atoms with van der Waals surface area (Å²) in [6.45, 7) is 1.76. The van der Waals surface area contributed by atoms with Crippen LogP contribution in [0.4, 0.5) is 4.79 Å². The number of nitrogens with zero attached hydrogens (tertiary/aromatic N) is 4. The fraction of sp³-hybridized carbons (Fsp3) is 0.750. The average Bonchev–Trinajstić information content (AvgIpc) is 3.12. The first-order valence-electron chi connectivity index (χ1n) is 8.82. The molecule has 0 spiro atoms. The second-order valence-electron chi connectivity index (χ2n) is 7.08. The van der Waals surface area contributed by atoms with Gasteiger partial charge in [-0.25, -0.2) is 4.79 Å². The zero-order chi connectivity index (χ0) is 16.7. The number of amides is 3. The molecule has 4 rings (SSSR count). The highest BCUT2D eigenvalue weighted by molar-refractivity contribution is 5.81. The molecule has 1 aromatic heterocycles. The molecule has 24 heavy (non-hydrogen) atoms. The second kappa shape index (κ2) is 6.07. The fourth-order valence-electron chi connectivity index (χ4n) is 3.79. The Hall–Kier alpha value is -2.12. The lowest BCUT2D eigenvalue weighted by molar-refractivity contribution is -0.138. The lowest BCUT2D eigenvalue weighted by Gasteiger charge is -2.34. The van der Waals surface area contributed by atoms with Gasteiger partial charge in [0, 0.05) is 25.6 Å². The van der Waals surface area contributed by atoms with Gasteiger partial charge in [-0.2, -0.15) is 4.98 Å². The summed E-state index contributed by atoms with van der Waals surface area (Å²) >= 11 is 0. The van der Waals surface area contributed by atoms with E-state index in [1.54, 1.807) is 4.90 Å². The summed E-state index contributed by atoms with van der Waals surface area (Å²) < 4.78 is 5.35. The Balaban J connectivity index is 1.47. The van der Waals surface area contributed by atoms with Crippen LogP contribution in [0.15, 0.2) is 4.52 Å². The monoisotopic (exact) mass is 333 g/mol. The van der Waals surface area contributed by atoms with E-state index in [0.29, 0.717) is 37.3 Å². The predicted octanol–water partition coefficient (Wildman–Crippen LogP) is 1.40. The van der Waals surface area contributed by atoms with E-state index in [1.165, 1.54) is 0 Å². The minimum Gasteiger partial charge on any atom is -0.351 e. The molecule has 8 heteroatoms. The minimum atomic E-state index is -0.447. The molecule has 0 unspecified atom stereocenters. The number of aromatic nitrogens is 2. The number of rotatable bonds is 3. The maximum Gasteiger partial charge on any atom is 0.314 e. The van der Waals surface area contributed by atoms with Crippen molar-refractivity contribution in [2.24, 2.45) is 11.7 Å². The maximum absolute atomic E-state index is 13.0. The van der Waals surface area contributed by atoms with E-state index in [9.17, 15) is 9.59 Å². The Bertz CT molecular complexity index is 641. The number of hydrogen-bond acceptors (Lipinski definition) is 5. The van der Waals surface area contributed by atoms with Gasteiger partial charge in [0.25, 0.3) is 0 Å². The third-order valence-corrected chi connectivity index (χ3v) is 5.30. The van der Waals surface area contributed by atoms with Crippen LogP contribution in [0.5, 0.6) is 0 Å². The first-order valence-corrected chi connectivity index (χ1v) is 8.82. The van der Waals surface area contributed by atoms with Crippen LogP contribution in [0.3, 0.4) is 0 Å². The van der Waals surface area contributed by atoms with Crippen LogP contribution in [0.25, 0.3) is 0 Å². The second-order valence-corrected chi connectivity index (χ2v) is 7.08. The molecule has 2 saturated heterocycles.